The molecule has 1 amide bonds. The first-order valence-corrected chi connectivity index (χ1v) is 9.20. The Labute approximate surface area is 174 Å². The monoisotopic (exact) mass is 485 g/mol. The largest absolute Gasteiger partial charge is 0.444 e. The van der Waals surface area contributed by atoms with Gasteiger partial charge in [0, 0.05) is 45.8 Å². The van der Waals surface area contributed by atoms with Gasteiger partial charge in [0.15, 0.2) is 5.96 Å². The van der Waals surface area contributed by atoms with E-state index in [1.54, 1.807) is 0 Å². The summed E-state index contributed by atoms with van der Waals surface area (Å²) in [6.07, 6.45) is 0.619. The van der Waals surface area contributed by atoms with Crippen LogP contribution in [0.4, 0.5) is 4.79 Å². The van der Waals surface area contributed by atoms with Gasteiger partial charge in [-0.25, -0.2) is 4.79 Å². The minimum Gasteiger partial charge on any atom is -0.444 e. The molecule has 1 saturated heterocycles. The Hall–Kier alpha value is -0.810. The molecule has 0 radical (unpaired) electrons. The van der Waals surface area contributed by atoms with E-state index in [1.807, 2.05) is 27.7 Å². The van der Waals surface area contributed by atoms with E-state index in [2.05, 4.69) is 25.8 Å². The van der Waals surface area contributed by atoms with Crippen LogP contribution in [0, 0.1) is 0 Å². The van der Waals surface area contributed by atoms with Crippen molar-refractivity contribution in [3.8, 4) is 0 Å². The summed E-state index contributed by atoms with van der Waals surface area (Å²) in [5.74, 6) is 0.774. The smallest absolute Gasteiger partial charge is 0.407 e. The van der Waals surface area contributed by atoms with Gasteiger partial charge in [-0.15, -0.1) is 24.0 Å². The molecular formula is C17H36IN5O3. The highest BCUT2D eigenvalue weighted by molar-refractivity contribution is 14.0. The van der Waals surface area contributed by atoms with Gasteiger partial charge in [-0.2, -0.15) is 0 Å². The van der Waals surface area contributed by atoms with E-state index < -0.39 is 11.7 Å². The third kappa shape index (κ3) is 13.4. The van der Waals surface area contributed by atoms with Crippen molar-refractivity contribution in [3.05, 3.63) is 0 Å². The Kier molecular flexibility index (Phi) is 13.8. The maximum atomic E-state index is 11.6. The van der Waals surface area contributed by atoms with Gasteiger partial charge < -0.3 is 25.4 Å². The number of halogens is 1. The van der Waals surface area contributed by atoms with E-state index in [0.717, 1.165) is 58.3 Å². The number of nitrogens with zero attached hydrogens (tertiary/aromatic N) is 2. The van der Waals surface area contributed by atoms with Crippen LogP contribution in [0.5, 0.6) is 0 Å². The number of nitrogens with one attached hydrogen (secondary N) is 3. The molecule has 0 aromatic rings. The summed E-state index contributed by atoms with van der Waals surface area (Å²) in [6, 6.07) is 0. The number of alkyl carbamates (subject to hydrolysis) is 1. The summed E-state index contributed by atoms with van der Waals surface area (Å²) in [7, 11) is 0. The summed E-state index contributed by atoms with van der Waals surface area (Å²) in [5, 5.41) is 9.14. The Morgan fingerprint density at radius 1 is 1.15 bits per heavy atom. The number of aliphatic imine (C=N–C) groups is 1. The molecule has 0 aliphatic carbocycles. The lowest BCUT2D eigenvalue weighted by Crippen LogP contribution is -2.42. The van der Waals surface area contributed by atoms with Crippen LogP contribution in [0.1, 0.15) is 34.1 Å². The van der Waals surface area contributed by atoms with E-state index in [4.69, 9.17) is 9.47 Å². The molecule has 8 nitrogen and oxygen atoms in total. The fourth-order valence-corrected chi connectivity index (χ4v) is 2.31. The minimum absolute atomic E-state index is 0. The van der Waals surface area contributed by atoms with Gasteiger partial charge in [0.1, 0.15) is 5.60 Å². The molecule has 1 fully saturated rings. The maximum Gasteiger partial charge on any atom is 0.407 e. The molecule has 1 rings (SSSR count). The number of rotatable bonds is 8. The number of amides is 1. The minimum atomic E-state index is -0.478. The van der Waals surface area contributed by atoms with Crippen molar-refractivity contribution in [1.82, 2.24) is 20.9 Å². The van der Waals surface area contributed by atoms with Crippen LogP contribution in [-0.4, -0.2) is 81.6 Å². The Bertz CT molecular complexity index is 410. The van der Waals surface area contributed by atoms with Gasteiger partial charge in [0.25, 0.3) is 0 Å². The standard InChI is InChI=1S/C17H35N5O3.HI/c1-5-18-15(19-7-6-10-22-11-13-24-14-12-22)20-8-9-21-16(23)25-17(2,3)4;/h5-14H2,1-4H3,(H,21,23)(H2,18,19,20);1H. The summed E-state index contributed by atoms with van der Waals surface area (Å²) in [6.45, 7) is 14.9. The number of hydrogen-bond donors (Lipinski definition) is 3. The number of carbonyl (C=O) groups excluding carboxylic acids is 1. The van der Waals surface area contributed by atoms with E-state index in [9.17, 15) is 4.79 Å². The summed E-state index contributed by atoms with van der Waals surface area (Å²) >= 11 is 0. The molecule has 0 bridgehead atoms. The van der Waals surface area contributed by atoms with Crippen LogP contribution < -0.4 is 16.0 Å². The summed E-state index contributed by atoms with van der Waals surface area (Å²) in [4.78, 5) is 18.5. The molecule has 26 heavy (non-hydrogen) atoms. The molecule has 1 aliphatic rings. The molecule has 0 saturated carbocycles. The lowest BCUT2D eigenvalue weighted by atomic mass is 10.2. The zero-order chi connectivity index (χ0) is 18.5. The van der Waals surface area contributed by atoms with Crippen molar-refractivity contribution in [2.24, 2.45) is 4.99 Å². The molecule has 1 aliphatic heterocycles. The lowest BCUT2D eigenvalue weighted by molar-refractivity contribution is 0.0377. The van der Waals surface area contributed by atoms with Gasteiger partial charge >= 0.3 is 6.09 Å². The normalized spacial score (nSPS) is 15.8. The fraction of sp³-hybridized carbons (Fsp3) is 0.882. The molecule has 3 N–H and O–H groups in total. The zero-order valence-electron chi connectivity index (χ0n) is 16.6. The fourth-order valence-electron chi connectivity index (χ4n) is 2.31. The van der Waals surface area contributed by atoms with E-state index >= 15 is 0 Å². The Morgan fingerprint density at radius 3 is 2.42 bits per heavy atom. The average Bonchev–Trinajstić information content (AvgIpc) is 2.54. The second-order valence-corrected chi connectivity index (χ2v) is 6.92. The first kappa shape index (κ1) is 25.2. The third-order valence-electron chi connectivity index (χ3n) is 3.44. The average molecular weight is 485 g/mol. The van der Waals surface area contributed by atoms with Crippen molar-refractivity contribution >= 4 is 36.0 Å². The van der Waals surface area contributed by atoms with Crippen molar-refractivity contribution in [2.75, 3.05) is 59.0 Å². The van der Waals surface area contributed by atoms with Crippen LogP contribution in [0.15, 0.2) is 4.99 Å². The highest BCUT2D eigenvalue weighted by atomic mass is 127. The molecule has 1 heterocycles. The quantitative estimate of drug-likeness (QED) is 0.209. The summed E-state index contributed by atoms with van der Waals surface area (Å²) < 4.78 is 10.5. The molecule has 154 valence electrons. The third-order valence-corrected chi connectivity index (χ3v) is 3.44. The van der Waals surface area contributed by atoms with Crippen LogP contribution in [0.25, 0.3) is 0 Å². The topological polar surface area (TPSA) is 87.2 Å². The van der Waals surface area contributed by atoms with Crippen LogP contribution in [-0.2, 0) is 9.47 Å². The summed E-state index contributed by atoms with van der Waals surface area (Å²) in [5.41, 5.74) is -0.478. The molecule has 0 aromatic carbocycles. The van der Waals surface area contributed by atoms with Crippen molar-refractivity contribution in [2.45, 2.75) is 39.7 Å². The van der Waals surface area contributed by atoms with Gasteiger partial charge in [-0.1, -0.05) is 0 Å². The highest BCUT2D eigenvalue weighted by Gasteiger charge is 2.15. The van der Waals surface area contributed by atoms with Crippen LogP contribution in [0.3, 0.4) is 0 Å². The van der Waals surface area contributed by atoms with Gasteiger partial charge in [0.2, 0.25) is 0 Å². The maximum absolute atomic E-state index is 11.6. The predicted octanol–water partition coefficient (Wildman–Crippen LogP) is 1.41. The second kappa shape index (κ2) is 14.3. The predicted molar refractivity (Wildman–Crippen MR) is 116 cm³/mol. The zero-order valence-corrected chi connectivity index (χ0v) is 18.9. The van der Waals surface area contributed by atoms with Crippen molar-refractivity contribution in [1.29, 1.82) is 0 Å². The van der Waals surface area contributed by atoms with Crippen molar-refractivity contribution < 1.29 is 14.3 Å². The number of guanidine groups is 1. The molecule has 0 atom stereocenters. The van der Waals surface area contributed by atoms with E-state index in [1.165, 1.54) is 0 Å². The number of morpholine rings is 1. The Morgan fingerprint density at radius 2 is 1.81 bits per heavy atom. The second-order valence-electron chi connectivity index (χ2n) is 6.92. The van der Waals surface area contributed by atoms with Gasteiger partial charge in [-0.3, -0.25) is 9.89 Å². The van der Waals surface area contributed by atoms with Crippen LogP contribution in [0.2, 0.25) is 0 Å². The molecule has 0 unspecified atom stereocenters. The lowest BCUT2D eigenvalue weighted by Gasteiger charge is -2.26. The molecular weight excluding hydrogens is 449 g/mol. The number of hydrogen-bond acceptors (Lipinski definition) is 5. The van der Waals surface area contributed by atoms with Gasteiger partial charge in [0.05, 0.1) is 13.2 Å². The highest BCUT2D eigenvalue weighted by Crippen LogP contribution is 2.05. The molecule has 0 aromatic heterocycles. The number of carbonyl (C=O) groups is 1. The van der Waals surface area contributed by atoms with Gasteiger partial charge in [-0.05, 0) is 34.1 Å². The molecule has 0 spiro atoms. The van der Waals surface area contributed by atoms with Crippen molar-refractivity contribution in [3.63, 3.8) is 0 Å². The number of ether oxygens (including phenoxy) is 2. The Balaban J connectivity index is 0.00000625. The van der Waals surface area contributed by atoms with E-state index in [0.29, 0.717) is 13.1 Å². The first-order chi connectivity index (χ1) is 11.9. The van der Waals surface area contributed by atoms with E-state index in [-0.39, 0.29) is 24.0 Å². The first-order valence-electron chi connectivity index (χ1n) is 9.20. The van der Waals surface area contributed by atoms with Crippen LogP contribution >= 0.6 is 24.0 Å². The SMILES string of the molecule is CCNC(=NCCCN1CCOCC1)NCCNC(=O)OC(C)(C)C.I. The molecule has 9 heteroatoms.